The van der Waals surface area contributed by atoms with E-state index in [4.69, 9.17) is 19.8 Å². The van der Waals surface area contributed by atoms with Crippen LogP contribution in [0.2, 0.25) is 0 Å². The van der Waals surface area contributed by atoms with Crippen molar-refractivity contribution in [3.8, 4) is 0 Å². The topological polar surface area (TPSA) is 175 Å². The van der Waals surface area contributed by atoms with E-state index in [-0.39, 0.29) is 21.2 Å². The normalized spacial score (nSPS) is 11.7. The van der Waals surface area contributed by atoms with E-state index in [2.05, 4.69) is 27.7 Å². The molecule has 2 atom stereocenters. The molecule has 0 saturated carbocycles. The molecule has 0 fully saturated rings. The lowest BCUT2D eigenvalue weighted by atomic mass is 10.1. The van der Waals surface area contributed by atoms with Crippen molar-refractivity contribution >= 4 is 23.3 Å². The van der Waals surface area contributed by atoms with Gasteiger partial charge in [-0.05, 0) is 89.2 Å². The first-order valence-corrected chi connectivity index (χ1v) is 18.5. The highest BCUT2D eigenvalue weighted by atomic mass is 16.6. The number of nitro groups is 2. The van der Waals surface area contributed by atoms with Crippen LogP contribution in [0.3, 0.4) is 0 Å². The van der Waals surface area contributed by atoms with Gasteiger partial charge in [-0.1, -0.05) is 63.8 Å². The molecule has 2 rings (SSSR count). The molecule has 282 valence electrons. The molecule has 0 aromatic heterocycles. The van der Waals surface area contributed by atoms with E-state index < -0.39 is 11.9 Å². The summed E-state index contributed by atoms with van der Waals surface area (Å²) in [5, 5.41) is 39.1. The molecule has 0 heterocycles. The van der Waals surface area contributed by atoms with Crippen LogP contribution in [0.5, 0.6) is 0 Å². The number of benzene rings is 2. The molecule has 50 heavy (non-hydrogen) atoms. The summed E-state index contributed by atoms with van der Waals surface area (Å²) >= 11 is 0. The predicted octanol–water partition coefficient (Wildman–Crippen LogP) is 3.29. The number of nitro benzene ring substituents is 2. The van der Waals surface area contributed by atoms with Gasteiger partial charge in [0.15, 0.2) is 0 Å². The Kier molecular flexibility index (Phi) is 27.6. The van der Waals surface area contributed by atoms with E-state index in [1.807, 2.05) is 24.3 Å². The average Bonchev–Trinajstić information content (AvgIpc) is 3.11. The van der Waals surface area contributed by atoms with Crippen LogP contribution in [0.1, 0.15) is 116 Å². The van der Waals surface area contributed by atoms with Crippen LogP contribution < -0.4 is 20.0 Å². The number of carboxylic acids is 2. The number of hydrogen-bond acceptors (Lipinski definition) is 8. The minimum Gasteiger partial charge on any atom is -0.543 e. The van der Waals surface area contributed by atoms with Gasteiger partial charge in [-0.15, -0.1) is 0 Å². The number of non-ortho nitro benzene ring substituents is 2. The van der Waals surface area contributed by atoms with Crippen LogP contribution in [0.15, 0.2) is 48.5 Å². The van der Waals surface area contributed by atoms with Crippen molar-refractivity contribution in [2.45, 2.75) is 118 Å². The van der Waals surface area contributed by atoms with Gasteiger partial charge in [0.25, 0.3) is 11.4 Å². The first-order valence-electron chi connectivity index (χ1n) is 18.5. The van der Waals surface area contributed by atoms with Gasteiger partial charge in [0, 0.05) is 24.3 Å². The molecular weight excluding hydrogens is 640 g/mol. The number of nitrogens with one attached hydrogen (secondary N) is 2. The van der Waals surface area contributed by atoms with Gasteiger partial charge >= 0.3 is 0 Å². The summed E-state index contributed by atoms with van der Waals surface area (Å²) in [7, 11) is 0. The fourth-order valence-corrected chi connectivity index (χ4v) is 5.54. The SMILES string of the molecule is CCCCCC[NH+](CC)CCCCc1ccc([N+](=O)[O-])cc1.CCCCCC[NH+](CC)CCCCc1ccc([N+](=O)[O-])cc1.O=C([O-])C(=O)[O-]. The quantitative estimate of drug-likeness (QED) is 0.0725. The summed E-state index contributed by atoms with van der Waals surface area (Å²) < 4.78 is 0. The van der Waals surface area contributed by atoms with E-state index in [0.717, 1.165) is 25.7 Å². The Morgan fingerprint density at radius 2 is 0.800 bits per heavy atom. The van der Waals surface area contributed by atoms with Gasteiger partial charge in [0.2, 0.25) is 0 Å². The summed E-state index contributed by atoms with van der Waals surface area (Å²) in [6.07, 6.45) is 17.6. The van der Waals surface area contributed by atoms with E-state index in [1.165, 1.54) is 115 Å². The Morgan fingerprint density at radius 3 is 1.04 bits per heavy atom. The molecule has 2 aromatic rings. The number of nitrogens with zero attached hydrogens (tertiary/aromatic N) is 2. The van der Waals surface area contributed by atoms with Crippen LogP contribution in [0.25, 0.3) is 0 Å². The summed E-state index contributed by atoms with van der Waals surface area (Å²) in [6, 6.07) is 13.9. The lowest BCUT2D eigenvalue weighted by Gasteiger charge is -2.17. The molecule has 0 aliphatic heterocycles. The van der Waals surface area contributed by atoms with Gasteiger partial charge in [-0.3, -0.25) is 20.2 Å². The van der Waals surface area contributed by atoms with Gasteiger partial charge in [0.1, 0.15) is 0 Å². The first-order chi connectivity index (χ1) is 24.0. The molecule has 0 aliphatic rings. The number of hydrogen-bond donors (Lipinski definition) is 2. The van der Waals surface area contributed by atoms with Crippen molar-refractivity contribution in [3.05, 3.63) is 79.9 Å². The van der Waals surface area contributed by atoms with Crippen molar-refractivity contribution < 1.29 is 39.4 Å². The Balaban J connectivity index is 0.000000826. The highest BCUT2D eigenvalue weighted by molar-refractivity contribution is 6.25. The highest BCUT2D eigenvalue weighted by Gasteiger charge is 2.08. The van der Waals surface area contributed by atoms with E-state index in [9.17, 15) is 20.2 Å². The Bertz CT molecular complexity index is 1100. The number of aryl methyl sites for hydroxylation is 2. The number of quaternary nitrogens is 2. The highest BCUT2D eigenvalue weighted by Crippen LogP contribution is 2.14. The summed E-state index contributed by atoms with van der Waals surface area (Å²) in [6.45, 7) is 16.6. The second-order valence-electron chi connectivity index (χ2n) is 12.7. The minimum atomic E-state index is -2.19. The smallest absolute Gasteiger partial charge is 0.269 e. The average molecular weight is 703 g/mol. The fraction of sp³-hybridized carbons (Fsp3) is 0.632. The zero-order chi connectivity index (χ0) is 37.6. The largest absolute Gasteiger partial charge is 0.543 e. The van der Waals surface area contributed by atoms with E-state index >= 15 is 0 Å². The van der Waals surface area contributed by atoms with Crippen molar-refractivity contribution in [2.24, 2.45) is 0 Å². The van der Waals surface area contributed by atoms with Crippen molar-refractivity contribution in [1.82, 2.24) is 0 Å². The Labute approximate surface area is 299 Å². The lowest BCUT2D eigenvalue weighted by molar-refractivity contribution is -0.898. The molecule has 0 spiro atoms. The molecule has 0 amide bonds. The maximum absolute atomic E-state index is 10.6. The number of carboxylic acid groups (broad SMARTS) is 2. The van der Waals surface area contributed by atoms with Crippen molar-refractivity contribution in [2.75, 3.05) is 39.3 Å². The maximum atomic E-state index is 10.6. The number of rotatable bonds is 24. The lowest BCUT2D eigenvalue weighted by Crippen LogP contribution is -3.11. The van der Waals surface area contributed by atoms with Crippen LogP contribution in [-0.4, -0.2) is 61.1 Å². The van der Waals surface area contributed by atoms with Crippen LogP contribution in [-0.2, 0) is 22.4 Å². The fourth-order valence-electron chi connectivity index (χ4n) is 5.54. The number of unbranched alkanes of at least 4 members (excludes halogenated alkanes) is 8. The van der Waals surface area contributed by atoms with E-state index in [0.29, 0.717) is 0 Å². The molecule has 2 unspecified atom stereocenters. The third kappa shape index (κ3) is 24.3. The van der Waals surface area contributed by atoms with Gasteiger partial charge in [0.05, 0.1) is 61.1 Å². The third-order valence-electron chi connectivity index (χ3n) is 8.72. The summed E-state index contributed by atoms with van der Waals surface area (Å²) in [5.41, 5.74) is 2.76. The summed E-state index contributed by atoms with van der Waals surface area (Å²) in [5.74, 6) is -4.37. The maximum Gasteiger partial charge on any atom is 0.269 e. The van der Waals surface area contributed by atoms with Gasteiger partial charge < -0.3 is 29.6 Å². The molecule has 2 N–H and O–H groups in total. The molecule has 12 heteroatoms. The van der Waals surface area contributed by atoms with Crippen molar-refractivity contribution in [3.63, 3.8) is 0 Å². The molecule has 0 bridgehead atoms. The zero-order valence-corrected chi connectivity index (χ0v) is 30.9. The second-order valence-corrected chi connectivity index (χ2v) is 12.7. The summed E-state index contributed by atoms with van der Waals surface area (Å²) in [4.78, 5) is 41.8. The predicted molar refractivity (Wildman–Crippen MR) is 193 cm³/mol. The third-order valence-corrected chi connectivity index (χ3v) is 8.72. The number of carbonyl (C=O) groups is 2. The molecule has 0 saturated heterocycles. The Hall–Kier alpha value is -3.90. The van der Waals surface area contributed by atoms with Crippen LogP contribution >= 0.6 is 0 Å². The molecule has 0 radical (unpaired) electrons. The van der Waals surface area contributed by atoms with Gasteiger partial charge in [-0.2, -0.15) is 0 Å². The second kappa shape index (κ2) is 30.0. The van der Waals surface area contributed by atoms with Gasteiger partial charge in [-0.25, -0.2) is 0 Å². The van der Waals surface area contributed by atoms with Crippen LogP contribution in [0.4, 0.5) is 11.4 Å². The number of carbonyl (C=O) groups excluding carboxylic acids is 2. The number of aliphatic carboxylic acids is 2. The van der Waals surface area contributed by atoms with Crippen LogP contribution in [0, 0.1) is 20.2 Å². The van der Waals surface area contributed by atoms with E-state index in [1.54, 1.807) is 34.1 Å². The zero-order valence-electron chi connectivity index (χ0n) is 30.9. The van der Waals surface area contributed by atoms with Crippen molar-refractivity contribution in [1.29, 1.82) is 0 Å². The molecule has 12 nitrogen and oxygen atoms in total. The Morgan fingerprint density at radius 1 is 0.500 bits per heavy atom. The molecule has 0 aliphatic carbocycles. The molecular formula is C38H62N4O8. The molecule has 2 aromatic carbocycles. The standard InChI is InChI=1S/2C18H30N2O2.C2H2O4/c2*1-3-5-6-8-15-19(4-2)16-9-7-10-17-11-13-18(14-12-17)20(21)22;3-1(4)2(5)6/h2*11-14H,3-10,15-16H2,1-2H3;(H,3,4)(H,5,6). The first kappa shape index (κ1) is 46.1. The monoisotopic (exact) mass is 702 g/mol. The minimum absolute atomic E-state index is 0.178.